The zero-order chi connectivity index (χ0) is 15.2. The van der Waals surface area contributed by atoms with Crippen molar-refractivity contribution in [3.63, 3.8) is 0 Å². The molecule has 2 unspecified atom stereocenters. The first-order valence-corrected chi connectivity index (χ1v) is 8.73. The van der Waals surface area contributed by atoms with Gasteiger partial charge in [0.2, 0.25) is 0 Å². The van der Waals surface area contributed by atoms with Crippen LogP contribution in [0.4, 0.5) is 0 Å². The number of rotatable bonds is 6. The molecule has 0 aliphatic rings. The molecule has 0 bridgehead atoms. The van der Waals surface area contributed by atoms with Crippen molar-refractivity contribution in [2.75, 3.05) is 12.8 Å². The highest BCUT2D eigenvalue weighted by Crippen LogP contribution is 2.19. The third-order valence-corrected chi connectivity index (χ3v) is 5.22. The highest BCUT2D eigenvalue weighted by atomic mass is 35.5. The molecule has 2 nitrogen and oxygen atoms in total. The van der Waals surface area contributed by atoms with Gasteiger partial charge in [-0.2, -0.15) is 0 Å². The van der Waals surface area contributed by atoms with Crippen LogP contribution in [0.2, 0.25) is 5.02 Å². The molecule has 1 N–H and O–H groups in total. The summed E-state index contributed by atoms with van der Waals surface area (Å²) in [6, 6.07) is 15.8. The molecular weight excluding hydrogens is 302 g/mol. The van der Waals surface area contributed by atoms with Crippen LogP contribution in [0.3, 0.4) is 0 Å². The zero-order valence-corrected chi connectivity index (χ0v) is 13.9. The van der Waals surface area contributed by atoms with Gasteiger partial charge in [0.1, 0.15) is 0 Å². The second kappa shape index (κ2) is 7.74. The lowest BCUT2D eigenvalue weighted by atomic mass is 10.1. The minimum absolute atomic E-state index is 0.0763. The number of aryl methyl sites for hydroxylation is 1. The molecule has 0 fully saturated rings. The van der Waals surface area contributed by atoms with Gasteiger partial charge in [0, 0.05) is 21.7 Å². The highest BCUT2D eigenvalue weighted by molar-refractivity contribution is 7.85. The average molecular weight is 322 g/mol. The van der Waals surface area contributed by atoms with E-state index in [0.717, 1.165) is 16.9 Å². The van der Waals surface area contributed by atoms with Crippen LogP contribution >= 0.6 is 11.6 Å². The molecule has 0 aliphatic carbocycles. The summed E-state index contributed by atoms with van der Waals surface area (Å²) in [6.07, 6.45) is 1.03. The first-order chi connectivity index (χ1) is 10.1. The van der Waals surface area contributed by atoms with Crippen LogP contribution < -0.4 is 5.32 Å². The van der Waals surface area contributed by atoms with E-state index in [-0.39, 0.29) is 6.04 Å². The Hall–Kier alpha value is -1.16. The Bertz CT molecular complexity index is 595. The first kappa shape index (κ1) is 16.2. The Balaban J connectivity index is 2.10. The van der Waals surface area contributed by atoms with Crippen molar-refractivity contribution in [2.45, 2.75) is 24.3 Å². The second-order valence-electron chi connectivity index (χ2n) is 4.90. The number of benzene rings is 2. The summed E-state index contributed by atoms with van der Waals surface area (Å²) in [6.45, 7) is 2.14. The van der Waals surface area contributed by atoms with Crippen molar-refractivity contribution in [1.29, 1.82) is 0 Å². The van der Waals surface area contributed by atoms with Gasteiger partial charge in [0.25, 0.3) is 0 Å². The molecule has 0 spiro atoms. The molecule has 21 heavy (non-hydrogen) atoms. The van der Waals surface area contributed by atoms with Crippen molar-refractivity contribution >= 4 is 22.4 Å². The van der Waals surface area contributed by atoms with Gasteiger partial charge in [-0.1, -0.05) is 42.8 Å². The highest BCUT2D eigenvalue weighted by Gasteiger charge is 2.14. The Morgan fingerprint density at radius 2 is 1.71 bits per heavy atom. The average Bonchev–Trinajstić information content (AvgIpc) is 2.53. The van der Waals surface area contributed by atoms with Gasteiger partial charge in [-0.15, -0.1) is 0 Å². The lowest BCUT2D eigenvalue weighted by molar-refractivity contribution is 0.635. The molecule has 0 aromatic heterocycles. The van der Waals surface area contributed by atoms with Crippen molar-refractivity contribution in [2.24, 2.45) is 0 Å². The van der Waals surface area contributed by atoms with Crippen molar-refractivity contribution in [3.05, 3.63) is 64.7 Å². The minimum Gasteiger partial charge on any atom is -0.312 e. The fourth-order valence-corrected chi connectivity index (χ4v) is 3.59. The zero-order valence-electron chi connectivity index (χ0n) is 12.3. The number of hydrogen-bond donors (Lipinski definition) is 1. The molecule has 2 atom stereocenters. The monoisotopic (exact) mass is 321 g/mol. The summed E-state index contributed by atoms with van der Waals surface area (Å²) in [5.41, 5.74) is 2.48. The van der Waals surface area contributed by atoms with Crippen LogP contribution in [-0.4, -0.2) is 17.0 Å². The molecule has 2 aromatic rings. The number of nitrogens with one attached hydrogen (secondary N) is 1. The summed E-state index contributed by atoms with van der Waals surface area (Å²) in [5.74, 6) is 0.545. The standard InChI is InChI=1S/C17H20ClNOS/c1-3-13-4-6-14(7-5-13)17(19-2)12-21(20)16-10-8-15(18)9-11-16/h4-11,17,19H,3,12H2,1-2H3. The molecule has 0 saturated carbocycles. The fourth-order valence-electron chi connectivity index (χ4n) is 2.17. The van der Waals surface area contributed by atoms with Gasteiger partial charge in [-0.25, -0.2) is 0 Å². The Morgan fingerprint density at radius 1 is 1.10 bits per heavy atom. The van der Waals surface area contributed by atoms with Crippen LogP contribution in [0.1, 0.15) is 24.1 Å². The maximum Gasteiger partial charge on any atom is 0.0548 e. The van der Waals surface area contributed by atoms with E-state index in [0.29, 0.717) is 10.8 Å². The molecule has 0 saturated heterocycles. The van der Waals surface area contributed by atoms with E-state index in [1.54, 1.807) is 12.1 Å². The normalized spacial score (nSPS) is 13.9. The molecule has 0 amide bonds. The summed E-state index contributed by atoms with van der Waals surface area (Å²) in [4.78, 5) is 0.810. The summed E-state index contributed by atoms with van der Waals surface area (Å²) in [7, 11) is 0.850. The molecule has 0 aliphatic heterocycles. The van der Waals surface area contributed by atoms with Crippen molar-refractivity contribution in [1.82, 2.24) is 5.32 Å². The van der Waals surface area contributed by atoms with E-state index in [4.69, 9.17) is 11.6 Å². The van der Waals surface area contributed by atoms with E-state index >= 15 is 0 Å². The van der Waals surface area contributed by atoms with Crippen molar-refractivity contribution < 1.29 is 4.21 Å². The van der Waals surface area contributed by atoms with E-state index in [2.05, 4.69) is 36.5 Å². The quantitative estimate of drug-likeness (QED) is 0.872. The molecule has 112 valence electrons. The fraction of sp³-hybridized carbons (Fsp3) is 0.294. The molecular formula is C17H20ClNOS. The van der Waals surface area contributed by atoms with Crippen LogP contribution in [-0.2, 0) is 17.2 Å². The smallest absolute Gasteiger partial charge is 0.0548 e. The van der Waals surface area contributed by atoms with Crippen molar-refractivity contribution in [3.8, 4) is 0 Å². The molecule has 2 rings (SSSR count). The molecule has 0 radical (unpaired) electrons. The van der Waals surface area contributed by atoms with Crippen LogP contribution in [0.5, 0.6) is 0 Å². The lowest BCUT2D eigenvalue weighted by Crippen LogP contribution is -2.22. The number of hydrogen-bond acceptors (Lipinski definition) is 2. The molecule has 4 heteroatoms. The van der Waals surface area contributed by atoms with E-state index in [9.17, 15) is 4.21 Å². The first-order valence-electron chi connectivity index (χ1n) is 7.04. The SMILES string of the molecule is CCc1ccc(C(CS(=O)c2ccc(Cl)cc2)NC)cc1. The third kappa shape index (κ3) is 4.40. The Kier molecular flexibility index (Phi) is 5.97. The second-order valence-corrected chi connectivity index (χ2v) is 6.83. The molecule has 2 aromatic carbocycles. The topological polar surface area (TPSA) is 29.1 Å². The van der Waals surface area contributed by atoms with Gasteiger partial charge >= 0.3 is 0 Å². The largest absolute Gasteiger partial charge is 0.312 e. The predicted octanol–water partition coefficient (Wildman–Crippen LogP) is 3.97. The number of halogens is 1. The summed E-state index contributed by atoms with van der Waals surface area (Å²) < 4.78 is 12.4. The van der Waals surface area contributed by atoms with Crippen LogP contribution in [0.25, 0.3) is 0 Å². The van der Waals surface area contributed by atoms with Crippen LogP contribution in [0.15, 0.2) is 53.4 Å². The van der Waals surface area contributed by atoms with Gasteiger partial charge in [0.15, 0.2) is 0 Å². The maximum atomic E-state index is 12.4. The minimum atomic E-state index is -1.05. The van der Waals surface area contributed by atoms with E-state index in [1.807, 2.05) is 19.2 Å². The lowest BCUT2D eigenvalue weighted by Gasteiger charge is -2.16. The van der Waals surface area contributed by atoms with Gasteiger partial charge in [0.05, 0.1) is 10.8 Å². The summed E-state index contributed by atoms with van der Waals surface area (Å²) in [5, 5.41) is 3.91. The predicted molar refractivity (Wildman–Crippen MR) is 90.3 cm³/mol. The van der Waals surface area contributed by atoms with Gasteiger partial charge < -0.3 is 5.32 Å². The van der Waals surface area contributed by atoms with E-state index in [1.165, 1.54) is 5.56 Å². The van der Waals surface area contributed by atoms with Gasteiger partial charge in [-0.05, 0) is 48.9 Å². The van der Waals surface area contributed by atoms with E-state index < -0.39 is 10.8 Å². The summed E-state index contributed by atoms with van der Waals surface area (Å²) >= 11 is 5.86. The Labute approximate surface area is 134 Å². The van der Waals surface area contributed by atoms with Gasteiger partial charge in [-0.3, -0.25) is 4.21 Å². The Morgan fingerprint density at radius 3 is 2.24 bits per heavy atom. The van der Waals surface area contributed by atoms with Crippen LogP contribution in [0, 0.1) is 0 Å². The molecule has 0 heterocycles. The maximum absolute atomic E-state index is 12.4. The third-order valence-electron chi connectivity index (χ3n) is 3.53.